The molecule has 0 aromatic carbocycles. The van der Waals surface area contributed by atoms with Crippen LogP contribution in [0.3, 0.4) is 0 Å². The van der Waals surface area contributed by atoms with Gasteiger partial charge in [0.05, 0.1) is 0 Å². The summed E-state index contributed by atoms with van der Waals surface area (Å²) in [5.41, 5.74) is 6.42. The molecule has 0 N–H and O–H groups in total. The fourth-order valence-electron chi connectivity index (χ4n) is 11.1. The first-order chi connectivity index (χ1) is 35.5. The molecule has 0 aliphatic rings. The first-order valence-electron chi connectivity index (χ1n) is 31.6. The zero-order valence-corrected chi connectivity index (χ0v) is 51.5. The third-order valence-electron chi connectivity index (χ3n) is 15.6. The molecule has 4 aromatic heterocycles. The molecule has 4 aromatic rings. The summed E-state index contributed by atoms with van der Waals surface area (Å²) in [5, 5.41) is 0. The molecule has 0 aliphatic heterocycles. The number of unbranched alkanes of at least 4 members (excludes halogenated alkanes) is 36. The molecule has 0 nitrogen and oxygen atoms in total. The summed E-state index contributed by atoms with van der Waals surface area (Å²) in [7, 11) is 0. The lowest BCUT2D eigenvalue weighted by Crippen LogP contribution is -1.88. The highest BCUT2D eigenvalue weighted by atomic mass is 32.1. The van der Waals surface area contributed by atoms with Gasteiger partial charge in [-0.15, -0.1) is 45.3 Å². The number of rotatable bonds is 48. The van der Waals surface area contributed by atoms with E-state index in [2.05, 4.69) is 123 Å². The van der Waals surface area contributed by atoms with Crippen LogP contribution in [0.5, 0.6) is 0 Å². The summed E-state index contributed by atoms with van der Waals surface area (Å²) in [6.45, 7) is 14.0. The summed E-state index contributed by atoms with van der Waals surface area (Å²) in [4.78, 5) is 12.2. The van der Waals surface area contributed by atoms with Crippen LogP contribution in [-0.4, -0.2) is 0 Å². The van der Waals surface area contributed by atoms with Crippen molar-refractivity contribution in [3.05, 3.63) is 66.0 Å². The monoisotopic (exact) mass is 1060 g/mol. The Hall–Kier alpha value is -1.46. The molecular weight excluding hydrogens is 945 g/mol. The van der Waals surface area contributed by atoms with Crippen molar-refractivity contribution in [3.8, 4) is 19.5 Å². The van der Waals surface area contributed by atoms with E-state index in [-0.39, 0.29) is 0 Å². The average Bonchev–Trinajstić information content (AvgIpc) is 4.17. The quantitative estimate of drug-likeness (QED) is 0.0387. The Morgan fingerprint density at radius 2 is 0.486 bits per heavy atom. The van der Waals surface area contributed by atoms with Crippen molar-refractivity contribution in [2.45, 2.75) is 324 Å². The van der Waals surface area contributed by atoms with Crippen LogP contribution in [0.4, 0.5) is 0 Å². The first-order valence-corrected chi connectivity index (χ1v) is 34.9. The molecule has 0 saturated carbocycles. The molecule has 0 radical (unpaired) electrons. The maximum absolute atomic E-state index is 2.64. The molecule has 4 rings (SSSR count). The van der Waals surface area contributed by atoms with Crippen LogP contribution >= 0.6 is 45.3 Å². The van der Waals surface area contributed by atoms with Crippen LogP contribution in [0.1, 0.15) is 326 Å². The van der Waals surface area contributed by atoms with E-state index >= 15 is 0 Å². The lowest BCUT2D eigenvalue weighted by Gasteiger charge is -2.04. The van der Waals surface area contributed by atoms with Crippen molar-refractivity contribution in [3.63, 3.8) is 0 Å². The highest BCUT2D eigenvalue weighted by Gasteiger charge is 2.18. The van der Waals surface area contributed by atoms with Gasteiger partial charge in [0.25, 0.3) is 0 Å². The average molecular weight is 1060 g/mol. The van der Waals surface area contributed by atoms with Crippen molar-refractivity contribution >= 4 is 57.5 Å². The minimum atomic E-state index is 1.21. The van der Waals surface area contributed by atoms with E-state index < -0.39 is 0 Å². The highest BCUT2D eigenvalue weighted by molar-refractivity contribution is 7.23. The topological polar surface area (TPSA) is 0 Å². The predicted molar refractivity (Wildman–Crippen MR) is 336 cm³/mol. The van der Waals surface area contributed by atoms with Crippen molar-refractivity contribution in [2.24, 2.45) is 0 Å². The Morgan fingerprint density at radius 3 is 0.736 bits per heavy atom. The molecule has 408 valence electrons. The van der Waals surface area contributed by atoms with E-state index in [1.54, 1.807) is 32.0 Å². The zero-order chi connectivity index (χ0) is 51.1. The number of aryl methyl sites for hydroxylation is 6. The smallest absolute Gasteiger partial charge is 0.0477 e. The summed E-state index contributed by atoms with van der Waals surface area (Å²) >= 11 is 8.32. The zero-order valence-electron chi connectivity index (χ0n) is 48.2. The lowest BCUT2D eigenvalue weighted by atomic mass is 10.0. The number of hydrogen-bond donors (Lipinski definition) is 0. The van der Waals surface area contributed by atoms with Gasteiger partial charge in [0.15, 0.2) is 0 Å². The third kappa shape index (κ3) is 27.0. The summed E-state index contributed by atoms with van der Waals surface area (Å²) in [6.07, 6.45) is 66.1. The summed E-state index contributed by atoms with van der Waals surface area (Å²) in [5.74, 6) is 0. The molecule has 4 heteroatoms. The van der Waals surface area contributed by atoms with Gasteiger partial charge in [-0.05, 0) is 124 Å². The molecule has 0 spiro atoms. The van der Waals surface area contributed by atoms with Gasteiger partial charge < -0.3 is 0 Å². The minimum absolute atomic E-state index is 1.21. The Morgan fingerprint density at radius 1 is 0.264 bits per heavy atom. The molecular formula is C68H112S4. The van der Waals surface area contributed by atoms with E-state index in [0.29, 0.717) is 0 Å². The van der Waals surface area contributed by atoms with Gasteiger partial charge in [0.2, 0.25) is 0 Å². The van der Waals surface area contributed by atoms with Crippen LogP contribution < -0.4 is 0 Å². The van der Waals surface area contributed by atoms with Crippen LogP contribution in [0, 0.1) is 13.8 Å². The number of thiophene rings is 4. The first kappa shape index (κ1) is 63.1. The fourth-order valence-corrected chi connectivity index (χ4v) is 15.7. The Labute approximate surface area is 463 Å². The minimum Gasteiger partial charge on any atom is -0.139 e. The van der Waals surface area contributed by atoms with E-state index in [1.165, 1.54) is 312 Å². The van der Waals surface area contributed by atoms with Gasteiger partial charge in [-0.25, -0.2) is 0 Å². The molecule has 0 saturated heterocycles. The van der Waals surface area contributed by atoms with Crippen LogP contribution in [0.25, 0.3) is 31.7 Å². The standard InChI is InChI=1S/C68H112S4/c1-7-11-15-19-23-27-31-35-39-43-47-59-55-65(67-61(53-57(5)69-67)49-45-41-37-33-29-25-21-17-13-9-3)71-63(59)51-52-64-60(48-44-40-36-32-28-24-20-16-12-8-2)56-66(72-64)68-62(54-58(6)70-68)50-46-42-38-34-30-26-22-18-14-10-4/h51-56H,7-50H2,1-6H3/b52-51+. The van der Waals surface area contributed by atoms with Crippen molar-refractivity contribution in [1.29, 1.82) is 0 Å². The Bertz CT molecular complexity index is 1770. The van der Waals surface area contributed by atoms with Crippen LogP contribution in [0.15, 0.2) is 24.3 Å². The van der Waals surface area contributed by atoms with Gasteiger partial charge in [-0.3, -0.25) is 0 Å². The normalized spacial score (nSPS) is 11.9. The molecule has 0 atom stereocenters. The molecule has 0 unspecified atom stereocenters. The molecule has 72 heavy (non-hydrogen) atoms. The number of hydrogen-bond acceptors (Lipinski definition) is 4. The highest BCUT2D eigenvalue weighted by Crippen LogP contribution is 2.43. The molecule has 0 bridgehead atoms. The van der Waals surface area contributed by atoms with E-state index in [4.69, 9.17) is 0 Å². The van der Waals surface area contributed by atoms with Crippen LogP contribution in [-0.2, 0) is 25.7 Å². The molecule has 4 heterocycles. The second-order valence-corrected chi connectivity index (χ2v) is 27.2. The van der Waals surface area contributed by atoms with Gasteiger partial charge in [0, 0.05) is 39.0 Å². The third-order valence-corrected chi connectivity index (χ3v) is 20.4. The SMILES string of the molecule is CCCCCCCCCCCCc1cc(-c2sc(C)cc2CCCCCCCCCCCC)sc1/C=C/c1sc(-c2sc(C)cc2CCCCCCCCCCCC)cc1CCCCCCCCCCCC. The Kier molecular flexibility index (Phi) is 36.5. The van der Waals surface area contributed by atoms with Crippen molar-refractivity contribution < 1.29 is 0 Å². The lowest BCUT2D eigenvalue weighted by molar-refractivity contribution is 0.556. The summed E-state index contributed by atoms with van der Waals surface area (Å²) in [6, 6.07) is 10.4. The Balaban J connectivity index is 1.49. The van der Waals surface area contributed by atoms with E-state index in [1.807, 2.05) is 0 Å². The summed E-state index contributed by atoms with van der Waals surface area (Å²) < 4.78 is 0. The van der Waals surface area contributed by atoms with Gasteiger partial charge in [-0.2, -0.15) is 0 Å². The van der Waals surface area contributed by atoms with Gasteiger partial charge in [0.1, 0.15) is 0 Å². The van der Waals surface area contributed by atoms with Crippen molar-refractivity contribution in [2.75, 3.05) is 0 Å². The maximum atomic E-state index is 2.64. The van der Waals surface area contributed by atoms with Gasteiger partial charge in [-0.1, -0.05) is 259 Å². The largest absolute Gasteiger partial charge is 0.139 e. The fraction of sp³-hybridized carbons (Fsp3) is 0.735. The second kappa shape index (κ2) is 41.7. The molecule has 0 fully saturated rings. The van der Waals surface area contributed by atoms with Crippen molar-refractivity contribution in [1.82, 2.24) is 0 Å². The second-order valence-electron chi connectivity index (χ2n) is 22.5. The predicted octanol–water partition coefficient (Wildman–Crippen LogP) is 25.9. The van der Waals surface area contributed by atoms with E-state index in [0.717, 1.165) is 0 Å². The molecule has 0 aliphatic carbocycles. The van der Waals surface area contributed by atoms with Gasteiger partial charge >= 0.3 is 0 Å². The maximum Gasteiger partial charge on any atom is 0.0477 e. The molecule has 0 amide bonds. The van der Waals surface area contributed by atoms with E-state index in [9.17, 15) is 0 Å². The van der Waals surface area contributed by atoms with Crippen LogP contribution in [0.2, 0.25) is 0 Å².